The Bertz CT molecular complexity index is 1230. The molecule has 0 spiro atoms. The predicted molar refractivity (Wildman–Crippen MR) is 118 cm³/mol. The molecule has 1 N–H and O–H groups in total. The van der Waals surface area contributed by atoms with Crippen LogP contribution in [0.2, 0.25) is 5.02 Å². The van der Waals surface area contributed by atoms with Gasteiger partial charge in [-0.25, -0.2) is 4.98 Å². The van der Waals surface area contributed by atoms with Crippen LogP contribution >= 0.6 is 11.6 Å². The number of hydrogen-bond acceptors (Lipinski definition) is 3. The molecule has 1 heterocycles. The zero-order chi connectivity index (χ0) is 21.1. The topological polar surface area (TPSA) is 64.0 Å². The van der Waals surface area contributed by atoms with Gasteiger partial charge in [0.25, 0.3) is 5.91 Å². The molecule has 5 nitrogen and oxygen atoms in total. The van der Waals surface area contributed by atoms with Crippen molar-refractivity contribution in [2.45, 2.75) is 20.0 Å². The molecule has 0 bridgehead atoms. The number of hydrogen-bond donors (Lipinski definition) is 1. The molecular weight excluding hydrogens is 398 g/mol. The number of carbonyl (C=O) groups excluding carboxylic acids is 2. The lowest BCUT2D eigenvalue weighted by atomic mass is 10.1. The summed E-state index contributed by atoms with van der Waals surface area (Å²) >= 11 is 5.93. The van der Waals surface area contributed by atoms with Crippen molar-refractivity contribution in [3.63, 3.8) is 0 Å². The highest BCUT2D eigenvalue weighted by Gasteiger charge is 2.16. The Balaban J connectivity index is 1.60. The number of nitrogens with one attached hydrogen (secondary N) is 1. The minimum Gasteiger partial charge on any atom is -0.345 e. The van der Waals surface area contributed by atoms with Crippen LogP contribution in [0.25, 0.3) is 11.0 Å². The van der Waals surface area contributed by atoms with Gasteiger partial charge >= 0.3 is 0 Å². The quantitative estimate of drug-likeness (QED) is 0.458. The Morgan fingerprint density at radius 3 is 2.43 bits per heavy atom. The summed E-state index contributed by atoms with van der Waals surface area (Å²) in [7, 11) is 0. The molecule has 4 rings (SSSR count). The number of para-hydroxylation sites is 2. The van der Waals surface area contributed by atoms with E-state index in [9.17, 15) is 9.59 Å². The average molecular weight is 418 g/mol. The Kier molecular flexibility index (Phi) is 5.63. The molecule has 0 fully saturated rings. The third-order valence-electron chi connectivity index (χ3n) is 5.00. The average Bonchev–Trinajstić information content (AvgIpc) is 3.10. The highest BCUT2D eigenvalue weighted by Crippen LogP contribution is 2.18. The van der Waals surface area contributed by atoms with E-state index in [1.807, 2.05) is 54.0 Å². The summed E-state index contributed by atoms with van der Waals surface area (Å²) in [5, 5.41) is 3.51. The number of carbonyl (C=O) groups is 2. The molecule has 0 saturated heterocycles. The largest absolute Gasteiger partial charge is 0.345 e. The molecule has 3 aromatic carbocycles. The standard InChI is InChI=1S/C24H20ClN3O2/c1-16-6-2-3-7-19(16)24(30)26-14-23-27-20-8-4-5-9-21(20)28(23)15-22(29)17-10-12-18(25)13-11-17/h2-13H,14-15H2,1H3,(H,26,30). The van der Waals surface area contributed by atoms with E-state index >= 15 is 0 Å². The van der Waals surface area contributed by atoms with Crippen molar-refractivity contribution in [3.05, 3.63) is 100 Å². The fourth-order valence-corrected chi connectivity index (χ4v) is 3.52. The van der Waals surface area contributed by atoms with Gasteiger partial charge in [0.1, 0.15) is 5.82 Å². The van der Waals surface area contributed by atoms with Gasteiger partial charge in [-0.05, 0) is 55.0 Å². The molecule has 0 saturated carbocycles. The van der Waals surface area contributed by atoms with Gasteiger partial charge in [0.2, 0.25) is 0 Å². The number of nitrogens with zero attached hydrogens (tertiary/aromatic N) is 2. The van der Waals surface area contributed by atoms with Gasteiger partial charge in [-0.3, -0.25) is 9.59 Å². The van der Waals surface area contributed by atoms with Gasteiger partial charge in [0.15, 0.2) is 5.78 Å². The number of Topliss-reactive ketones (excluding diaryl/α,β-unsaturated/α-hetero) is 1. The maximum absolute atomic E-state index is 12.8. The van der Waals surface area contributed by atoms with E-state index in [1.54, 1.807) is 30.3 Å². The number of benzene rings is 3. The van der Waals surface area contributed by atoms with Gasteiger partial charge < -0.3 is 9.88 Å². The van der Waals surface area contributed by atoms with Crippen molar-refractivity contribution in [1.29, 1.82) is 0 Å². The number of aryl methyl sites for hydroxylation is 1. The molecule has 0 aliphatic rings. The summed E-state index contributed by atoms with van der Waals surface area (Å²) in [4.78, 5) is 30.1. The summed E-state index contributed by atoms with van der Waals surface area (Å²) in [5.41, 5.74) is 3.73. The molecular formula is C24H20ClN3O2. The molecule has 0 atom stereocenters. The number of rotatable bonds is 6. The van der Waals surface area contributed by atoms with Crippen LogP contribution in [0.5, 0.6) is 0 Å². The Morgan fingerprint density at radius 2 is 1.67 bits per heavy atom. The van der Waals surface area contributed by atoms with E-state index < -0.39 is 0 Å². The van der Waals surface area contributed by atoms with Gasteiger partial charge in [-0.1, -0.05) is 41.9 Å². The molecule has 1 aromatic heterocycles. The molecule has 0 aliphatic heterocycles. The molecule has 150 valence electrons. The first-order valence-corrected chi connectivity index (χ1v) is 9.97. The highest BCUT2D eigenvalue weighted by atomic mass is 35.5. The van der Waals surface area contributed by atoms with Crippen molar-refractivity contribution in [3.8, 4) is 0 Å². The van der Waals surface area contributed by atoms with Crippen molar-refractivity contribution in [1.82, 2.24) is 14.9 Å². The second-order valence-corrected chi connectivity index (χ2v) is 7.47. The third kappa shape index (κ3) is 4.11. The number of fused-ring (bicyclic) bond motifs is 1. The first kappa shape index (κ1) is 19.9. The van der Waals surface area contributed by atoms with E-state index in [4.69, 9.17) is 11.6 Å². The molecule has 6 heteroatoms. The Morgan fingerprint density at radius 1 is 0.967 bits per heavy atom. The smallest absolute Gasteiger partial charge is 0.251 e. The Labute approximate surface area is 179 Å². The number of amides is 1. The van der Waals surface area contributed by atoms with Gasteiger partial charge in [-0.2, -0.15) is 0 Å². The van der Waals surface area contributed by atoms with Crippen molar-refractivity contribution in [2.24, 2.45) is 0 Å². The lowest BCUT2D eigenvalue weighted by Gasteiger charge is -2.11. The molecule has 1 amide bonds. The van der Waals surface area contributed by atoms with Crippen LogP contribution in [0.15, 0.2) is 72.8 Å². The number of aromatic nitrogens is 2. The minimum absolute atomic E-state index is 0.0544. The maximum Gasteiger partial charge on any atom is 0.251 e. The number of halogens is 1. The zero-order valence-electron chi connectivity index (χ0n) is 16.4. The van der Waals surface area contributed by atoms with E-state index in [-0.39, 0.29) is 24.8 Å². The van der Waals surface area contributed by atoms with Crippen molar-refractivity contribution < 1.29 is 9.59 Å². The van der Waals surface area contributed by atoms with Crippen molar-refractivity contribution >= 4 is 34.3 Å². The van der Waals surface area contributed by atoms with Crippen LogP contribution in [-0.2, 0) is 13.1 Å². The second-order valence-electron chi connectivity index (χ2n) is 7.03. The van der Waals surface area contributed by atoms with Crippen molar-refractivity contribution in [2.75, 3.05) is 0 Å². The monoisotopic (exact) mass is 417 g/mol. The molecule has 30 heavy (non-hydrogen) atoms. The fraction of sp³-hybridized carbons (Fsp3) is 0.125. The lowest BCUT2D eigenvalue weighted by molar-refractivity contribution is 0.0949. The molecule has 0 radical (unpaired) electrons. The lowest BCUT2D eigenvalue weighted by Crippen LogP contribution is -2.26. The highest BCUT2D eigenvalue weighted by molar-refractivity contribution is 6.30. The van der Waals surface area contributed by atoms with E-state index in [1.165, 1.54) is 0 Å². The summed E-state index contributed by atoms with van der Waals surface area (Å²) in [6.45, 7) is 2.24. The maximum atomic E-state index is 12.8. The van der Waals surface area contributed by atoms with Crippen LogP contribution < -0.4 is 5.32 Å². The van der Waals surface area contributed by atoms with E-state index in [0.717, 1.165) is 16.6 Å². The van der Waals surface area contributed by atoms with Crippen LogP contribution in [0.4, 0.5) is 0 Å². The first-order chi connectivity index (χ1) is 14.5. The van der Waals surface area contributed by atoms with E-state index in [0.29, 0.717) is 22.0 Å². The third-order valence-corrected chi connectivity index (χ3v) is 5.25. The molecule has 0 unspecified atom stereocenters. The Hall–Kier alpha value is -3.44. The molecule has 0 aliphatic carbocycles. The van der Waals surface area contributed by atoms with Gasteiger partial charge in [0.05, 0.1) is 24.1 Å². The first-order valence-electron chi connectivity index (χ1n) is 9.59. The summed E-state index contributed by atoms with van der Waals surface area (Å²) in [6, 6.07) is 21.9. The fourth-order valence-electron chi connectivity index (χ4n) is 3.39. The predicted octanol–water partition coefficient (Wildman–Crippen LogP) is 4.81. The normalized spacial score (nSPS) is 10.9. The molecule has 4 aromatic rings. The van der Waals surface area contributed by atoms with Crippen LogP contribution in [0.1, 0.15) is 32.1 Å². The van der Waals surface area contributed by atoms with Crippen LogP contribution in [-0.4, -0.2) is 21.2 Å². The number of ketones is 1. The van der Waals surface area contributed by atoms with Gasteiger partial charge in [0, 0.05) is 16.1 Å². The van der Waals surface area contributed by atoms with E-state index in [2.05, 4.69) is 10.3 Å². The summed E-state index contributed by atoms with van der Waals surface area (Å²) in [5.74, 6) is 0.400. The van der Waals surface area contributed by atoms with Crippen LogP contribution in [0, 0.1) is 6.92 Å². The number of imidazole rings is 1. The SMILES string of the molecule is Cc1ccccc1C(=O)NCc1nc2ccccc2n1CC(=O)c1ccc(Cl)cc1. The van der Waals surface area contributed by atoms with Crippen LogP contribution in [0.3, 0.4) is 0 Å². The minimum atomic E-state index is -0.171. The zero-order valence-corrected chi connectivity index (χ0v) is 17.2. The summed E-state index contributed by atoms with van der Waals surface area (Å²) in [6.07, 6.45) is 0. The second kappa shape index (κ2) is 8.51. The van der Waals surface area contributed by atoms with Gasteiger partial charge in [-0.15, -0.1) is 0 Å². The summed E-state index contributed by atoms with van der Waals surface area (Å²) < 4.78 is 1.85.